The zero-order chi connectivity index (χ0) is 22.3. The maximum Gasteiger partial charge on any atom is 0.268 e. The molecule has 0 fully saturated rings. The number of carbonyl (C=O) groups excluding carboxylic acids is 2. The van der Waals surface area contributed by atoms with Crippen molar-refractivity contribution in [2.45, 2.75) is 32.4 Å². The average Bonchev–Trinajstić information content (AvgIpc) is 2.81. The van der Waals surface area contributed by atoms with Gasteiger partial charge in [0, 0.05) is 12.1 Å². The van der Waals surface area contributed by atoms with Crippen molar-refractivity contribution in [1.29, 1.82) is 0 Å². The van der Waals surface area contributed by atoms with E-state index in [4.69, 9.17) is 9.47 Å². The number of amides is 2. The summed E-state index contributed by atoms with van der Waals surface area (Å²) in [6, 6.07) is 24.7. The second-order valence-corrected chi connectivity index (χ2v) is 7.67. The molecule has 1 aliphatic rings. The van der Waals surface area contributed by atoms with Gasteiger partial charge >= 0.3 is 0 Å². The first-order valence-electron chi connectivity index (χ1n) is 10.7. The van der Waals surface area contributed by atoms with E-state index in [1.165, 1.54) is 0 Å². The number of hydrogen-bond acceptors (Lipinski definition) is 4. The molecule has 0 aromatic heterocycles. The van der Waals surface area contributed by atoms with Crippen molar-refractivity contribution in [2.24, 2.45) is 0 Å². The Kier molecular flexibility index (Phi) is 6.70. The lowest BCUT2D eigenvalue weighted by Gasteiger charge is -2.33. The minimum absolute atomic E-state index is 0.104. The fourth-order valence-electron chi connectivity index (χ4n) is 3.58. The third-order valence-corrected chi connectivity index (χ3v) is 5.19. The van der Waals surface area contributed by atoms with Gasteiger partial charge in [-0.2, -0.15) is 0 Å². The zero-order valence-electron chi connectivity index (χ0n) is 18.0. The predicted octanol–water partition coefficient (Wildman–Crippen LogP) is 4.80. The fourth-order valence-corrected chi connectivity index (χ4v) is 3.58. The fraction of sp³-hybridized carbons (Fsp3) is 0.231. The summed E-state index contributed by atoms with van der Waals surface area (Å²) in [5, 5.41) is 2.91. The summed E-state index contributed by atoms with van der Waals surface area (Å²) in [6.45, 7) is 2.65. The lowest BCUT2D eigenvalue weighted by Crippen LogP contribution is -2.44. The summed E-state index contributed by atoms with van der Waals surface area (Å²) in [5.74, 6) is 1.21. The molecule has 4 rings (SSSR count). The highest BCUT2D eigenvalue weighted by atomic mass is 16.5. The molecule has 2 amide bonds. The van der Waals surface area contributed by atoms with Gasteiger partial charge in [0.25, 0.3) is 5.91 Å². The van der Waals surface area contributed by atoms with E-state index < -0.39 is 6.10 Å². The highest BCUT2D eigenvalue weighted by Crippen LogP contribution is 2.37. The van der Waals surface area contributed by atoms with Gasteiger partial charge in [0.2, 0.25) is 5.91 Å². The van der Waals surface area contributed by atoms with E-state index in [1.807, 2.05) is 60.7 Å². The molecule has 0 bridgehead atoms. The van der Waals surface area contributed by atoms with E-state index >= 15 is 0 Å². The largest absolute Gasteiger partial charge is 0.494 e. The summed E-state index contributed by atoms with van der Waals surface area (Å²) in [6.07, 6.45) is 0.380. The van der Waals surface area contributed by atoms with Gasteiger partial charge in [0.05, 0.1) is 18.8 Å². The third kappa shape index (κ3) is 5.27. The maximum absolute atomic E-state index is 12.8. The summed E-state index contributed by atoms with van der Waals surface area (Å²) >= 11 is 0. The van der Waals surface area contributed by atoms with E-state index in [0.717, 1.165) is 11.3 Å². The lowest BCUT2D eigenvalue weighted by atomic mass is 10.1. The lowest BCUT2D eigenvalue weighted by molar-refractivity contribution is -0.125. The van der Waals surface area contributed by atoms with E-state index in [9.17, 15) is 9.59 Å². The zero-order valence-corrected chi connectivity index (χ0v) is 18.0. The van der Waals surface area contributed by atoms with Crippen LogP contribution in [0.2, 0.25) is 0 Å². The predicted molar refractivity (Wildman–Crippen MR) is 124 cm³/mol. The molecule has 0 aliphatic carbocycles. The molecule has 6 nitrogen and oxygen atoms in total. The molecule has 0 saturated heterocycles. The quantitative estimate of drug-likeness (QED) is 0.522. The van der Waals surface area contributed by atoms with Crippen LogP contribution in [0.1, 0.15) is 25.3 Å². The van der Waals surface area contributed by atoms with Crippen LogP contribution >= 0.6 is 0 Å². The van der Waals surface area contributed by atoms with Crippen molar-refractivity contribution in [2.75, 3.05) is 16.8 Å². The van der Waals surface area contributed by atoms with E-state index in [1.54, 1.807) is 30.0 Å². The van der Waals surface area contributed by atoms with Crippen molar-refractivity contribution in [3.63, 3.8) is 0 Å². The van der Waals surface area contributed by atoms with Gasteiger partial charge < -0.3 is 19.7 Å². The first-order valence-corrected chi connectivity index (χ1v) is 10.7. The molecule has 6 heteroatoms. The molecule has 32 heavy (non-hydrogen) atoms. The Bertz CT molecular complexity index is 1070. The first kappa shape index (κ1) is 21.4. The molecule has 1 N–H and O–H groups in total. The molecular weight excluding hydrogens is 404 g/mol. The van der Waals surface area contributed by atoms with Gasteiger partial charge in [-0.15, -0.1) is 0 Å². The Morgan fingerprint density at radius 3 is 2.50 bits per heavy atom. The van der Waals surface area contributed by atoms with Crippen LogP contribution in [0.15, 0.2) is 78.9 Å². The third-order valence-electron chi connectivity index (χ3n) is 5.19. The van der Waals surface area contributed by atoms with Gasteiger partial charge in [-0.3, -0.25) is 9.59 Å². The number of para-hydroxylation sites is 1. The van der Waals surface area contributed by atoms with Gasteiger partial charge in [0.1, 0.15) is 11.5 Å². The number of rotatable bonds is 8. The van der Waals surface area contributed by atoms with Gasteiger partial charge in [-0.05, 0) is 49.2 Å². The Labute approximate surface area is 187 Å². The number of anilines is 2. The topological polar surface area (TPSA) is 67.9 Å². The normalized spacial score (nSPS) is 15.0. The number of hydrogen-bond donors (Lipinski definition) is 1. The molecule has 1 atom stereocenters. The van der Waals surface area contributed by atoms with Crippen LogP contribution in [0.25, 0.3) is 0 Å². The molecule has 3 aromatic rings. The van der Waals surface area contributed by atoms with Gasteiger partial charge in [-0.1, -0.05) is 48.5 Å². The minimum atomic E-state index is -0.559. The minimum Gasteiger partial charge on any atom is -0.494 e. The molecule has 164 valence electrons. The van der Waals surface area contributed by atoms with Crippen LogP contribution in [-0.4, -0.2) is 24.5 Å². The van der Waals surface area contributed by atoms with Crippen LogP contribution in [0.4, 0.5) is 11.4 Å². The average molecular weight is 431 g/mol. The number of nitrogens with zero attached hydrogens (tertiary/aromatic N) is 1. The molecule has 1 unspecified atom stereocenters. The van der Waals surface area contributed by atoms with Crippen molar-refractivity contribution in [3.05, 3.63) is 84.4 Å². The van der Waals surface area contributed by atoms with E-state index in [2.05, 4.69) is 5.32 Å². The Morgan fingerprint density at radius 2 is 1.75 bits per heavy atom. The smallest absolute Gasteiger partial charge is 0.268 e. The summed E-state index contributed by atoms with van der Waals surface area (Å²) in [7, 11) is 0. The Morgan fingerprint density at radius 1 is 1.03 bits per heavy atom. The summed E-state index contributed by atoms with van der Waals surface area (Å²) < 4.78 is 11.4. The second-order valence-electron chi connectivity index (χ2n) is 7.67. The Balaban J connectivity index is 1.39. The van der Waals surface area contributed by atoms with Crippen molar-refractivity contribution in [3.8, 4) is 11.5 Å². The van der Waals surface area contributed by atoms with Crippen LogP contribution in [0, 0.1) is 0 Å². The van der Waals surface area contributed by atoms with E-state index in [-0.39, 0.29) is 11.8 Å². The van der Waals surface area contributed by atoms with Crippen molar-refractivity contribution in [1.82, 2.24) is 0 Å². The number of nitrogens with one attached hydrogen (secondary N) is 1. The van der Waals surface area contributed by atoms with Crippen LogP contribution in [0.3, 0.4) is 0 Å². The first-order chi connectivity index (χ1) is 15.6. The van der Waals surface area contributed by atoms with Gasteiger partial charge in [0.15, 0.2) is 6.10 Å². The summed E-state index contributed by atoms with van der Waals surface area (Å²) in [5.41, 5.74) is 2.30. The molecular formula is C26H26N2O4. The van der Waals surface area contributed by atoms with E-state index in [0.29, 0.717) is 43.1 Å². The maximum atomic E-state index is 12.8. The highest BCUT2D eigenvalue weighted by Gasteiger charge is 2.31. The monoisotopic (exact) mass is 430 g/mol. The Hall–Kier alpha value is -3.80. The standard InChI is InChI=1S/C26H26N2O4/c1-19-26(30)28(18-20-9-4-2-5-10-20)23-17-21(14-15-24(23)32-19)27-25(29)13-8-16-31-22-11-6-3-7-12-22/h2-7,9-12,14-15,17,19H,8,13,16,18H2,1H3,(H,27,29). The summed E-state index contributed by atoms with van der Waals surface area (Å²) in [4.78, 5) is 26.9. The van der Waals surface area contributed by atoms with Crippen LogP contribution < -0.4 is 19.7 Å². The molecule has 0 spiro atoms. The number of ether oxygens (including phenoxy) is 2. The number of fused-ring (bicyclic) bond motifs is 1. The molecule has 3 aromatic carbocycles. The highest BCUT2D eigenvalue weighted by molar-refractivity contribution is 6.01. The molecule has 1 aliphatic heterocycles. The SMILES string of the molecule is CC1Oc2ccc(NC(=O)CCCOc3ccccc3)cc2N(Cc2ccccc2)C1=O. The molecule has 1 heterocycles. The number of carbonyl (C=O) groups is 2. The van der Waals surface area contributed by atoms with Crippen LogP contribution in [-0.2, 0) is 16.1 Å². The van der Waals surface area contributed by atoms with Gasteiger partial charge in [-0.25, -0.2) is 0 Å². The second kappa shape index (κ2) is 10.0. The number of benzene rings is 3. The van der Waals surface area contributed by atoms with Crippen LogP contribution in [0.5, 0.6) is 11.5 Å². The molecule has 0 radical (unpaired) electrons. The van der Waals surface area contributed by atoms with Crippen molar-refractivity contribution < 1.29 is 19.1 Å². The molecule has 0 saturated carbocycles. The van der Waals surface area contributed by atoms with Crippen molar-refractivity contribution >= 4 is 23.2 Å².